The first-order valence-corrected chi connectivity index (χ1v) is 7.43. The smallest absolute Gasteiger partial charge is 0.243 e. The second-order valence-electron chi connectivity index (χ2n) is 4.90. The second-order valence-corrected chi connectivity index (χ2v) is 5.31. The van der Waals surface area contributed by atoms with Gasteiger partial charge in [0.2, 0.25) is 5.91 Å². The van der Waals surface area contributed by atoms with Gasteiger partial charge in [0, 0.05) is 11.8 Å². The average molecular weight is 335 g/mol. The number of benzene rings is 2. The fraction of sp³-hybridized carbons (Fsp3) is 0.235. The molecule has 2 N–H and O–H groups in total. The highest BCUT2D eigenvalue weighted by Crippen LogP contribution is 2.32. The fourth-order valence-corrected chi connectivity index (χ4v) is 2.29. The van der Waals surface area contributed by atoms with Crippen LogP contribution < -0.4 is 20.1 Å². The molecule has 0 saturated heterocycles. The summed E-state index contributed by atoms with van der Waals surface area (Å²) in [6.45, 7) is 2.04. The van der Waals surface area contributed by atoms with Gasteiger partial charge in [-0.25, -0.2) is 0 Å². The molecule has 0 bridgehead atoms. The Bertz CT molecular complexity index is 704. The summed E-state index contributed by atoms with van der Waals surface area (Å²) in [5.74, 6) is 1.07. The first kappa shape index (κ1) is 17.0. The van der Waals surface area contributed by atoms with Crippen LogP contribution >= 0.6 is 11.6 Å². The lowest BCUT2D eigenvalue weighted by Crippen LogP contribution is -2.22. The van der Waals surface area contributed by atoms with Crippen LogP contribution in [-0.2, 0) is 4.79 Å². The van der Waals surface area contributed by atoms with Gasteiger partial charge in [0.1, 0.15) is 0 Å². The van der Waals surface area contributed by atoms with Gasteiger partial charge in [-0.15, -0.1) is 0 Å². The van der Waals surface area contributed by atoms with Crippen LogP contribution in [0.4, 0.5) is 11.4 Å². The summed E-state index contributed by atoms with van der Waals surface area (Å²) in [5.41, 5.74) is 2.34. The van der Waals surface area contributed by atoms with E-state index >= 15 is 0 Å². The zero-order chi connectivity index (χ0) is 16.8. The fourth-order valence-electron chi connectivity index (χ4n) is 2.10. The van der Waals surface area contributed by atoms with Crippen molar-refractivity contribution >= 4 is 28.9 Å². The Kier molecular flexibility index (Phi) is 5.71. The van der Waals surface area contributed by atoms with E-state index in [4.69, 9.17) is 21.1 Å². The predicted octanol–water partition coefficient (Wildman–Crippen LogP) is 3.72. The summed E-state index contributed by atoms with van der Waals surface area (Å²) in [6, 6.07) is 10.8. The van der Waals surface area contributed by atoms with Crippen LogP contribution in [0.15, 0.2) is 36.4 Å². The maximum absolute atomic E-state index is 12.0. The predicted molar refractivity (Wildman–Crippen MR) is 92.9 cm³/mol. The quantitative estimate of drug-likeness (QED) is 0.845. The number of ether oxygens (including phenoxy) is 2. The number of carbonyl (C=O) groups is 1. The van der Waals surface area contributed by atoms with Crippen LogP contribution in [0.5, 0.6) is 11.5 Å². The summed E-state index contributed by atoms with van der Waals surface area (Å²) < 4.78 is 10.5. The Labute approximate surface area is 140 Å². The highest BCUT2D eigenvalue weighted by atomic mass is 35.5. The molecule has 0 spiro atoms. The lowest BCUT2D eigenvalue weighted by molar-refractivity contribution is -0.114. The van der Waals surface area contributed by atoms with E-state index in [1.807, 2.05) is 25.1 Å². The molecule has 122 valence electrons. The van der Waals surface area contributed by atoms with Crippen molar-refractivity contribution in [2.45, 2.75) is 6.92 Å². The maximum Gasteiger partial charge on any atom is 0.243 e. The highest BCUT2D eigenvalue weighted by Gasteiger charge is 2.10. The van der Waals surface area contributed by atoms with Gasteiger partial charge in [-0.2, -0.15) is 0 Å². The third-order valence-electron chi connectivity index (χ3n) is 3.32. The van der Waals surface area contributed by atoms with Crippen molar-refractivity contribution in [2.24, 2.45) is 0 Å². The van der Waals surface area contributed by atoms with Crippen LogP contribution in [0.25, 0.3) is 0 Å². The summed E-state index contributed by atoms with van der Waals surface area (Å²) in [4.78, 5) is 12.0. The van der Waals surface area contributed by atoms with Crippen molar-refractivity contribution in [3.63, 3.8) is 0 Å². The molecular formula is C17H19ClN2O3. The van der Waals surface area contributed by atoms with Crippen molar-refractivity contribution in [1.82, 2.24) is 0 Å². The molecule has 0 heterocycles. The van der Waals surface area contributed by atoms with Crippen LogP contribution in [0.2, 0.25) is 5.02 Å². The number of methoxy groups -OCH3 is 2. The largest absolute Gasteiger partial charge is 0.493 e. The van der Waals surface area contributed by atoms with Crippen LogP contribution in [0.1, 0.15) is 5.56 Å². The van der Waals surface area contributed by atoms with E-state index in [1.165, 1.54) is 0 Å². The summed E-state index contributed by atoms with van der Waals surface area (Å²) in [5, 5.41) is 6.35. The van der Waals surface area contributed by atoms with Gasteiger partial charge < -0.3 is 20.1 Å². The first-order valence-electron chi connectivity index (χ1n) is 7.06. The molecule has 0 unspecified atom stereocenters. The zero-order valence-electron chi connectivity index (χ0n) is 13.3. The number of nitrogens with one attached hydrogen (secondary N) is 2. The zero-order valence-corrected chi connectivity index (χ0v) is 14.0. The van der Waals surface area contributed by atoms with E-state index in [9.17, 15) is 4.79 Å². The van der Waals surface area contributed by atoms with Gasteiger partial charge >= 0.3 is 0 Å². The Morgan fingerprint density at radius 2 is 1.74 bits per heavy atom. The number of anilines is 2. The van der Waals surface area contributed by atoms with E-state index < -0.39 is 0 Å². The number of halogens is 1. The Hall–Kier alpha value is -2.40. The van der Waals surface area contributed by atoms with Gasteiger partial charge in [0.15, 0.2) is 11.5 Å². The molecule has 2 rings (SSSR count). The summed E-state index contributed by atoms with van der Waals surface area (Å²) >= 11 is 6.02. The number of hydrogen-bond donors (Lipinski definition) is 2. The normalized spacial score (nSPS) is 10.1. The third kappa shape index (κ3) is 4.29. The molecule has 0 radical (unpaired) electrons. The monoisotopic (exact) mass is 334 g/mol. The van der Waals surface area contributed by atoms with Crippen LogP contribution in [0.3, 0.4) is 0 Å². The highest BCUT2D eigenvalue weighted by molar-refractivity contribution is 6.33. The molecular weight excluding hydrogens is 316 g/mol. The average Bonchev–Trinajstić information content (AvgIpc) is 2.55. The minimum absolute atomic E-state index is 0.113. The third-order valence-corrected chi connectivity index (χ3v) is 3.65. The van der Waals surface area contributed by atoms with Gasteiger partial charge in [0.25, 0.3) is 0 Å². The molecule has 23 heavy (non-hydrogen) atoms. The van der Waals surface area contributed by atoms with Crippen LogP contribution in [-0.4, -0.2) is 26.7 Å². The number of aryl methyl sites for hydroxylation is 1. The SMILES string of the molecule is COc1cc(C)c(NCC(=O)Nc2ccccc2Cl)cc1OC. The minimum Gasteiger partial charge on any atom is -0.493 e. The number of rotatable bonds is 6. The van der Waals surface area contributed by atoms with E-state index in [2.05, 4.69) is 10.6 Å². The standard InChI is InChI=1S/C17H19ClN2O3/c1-11-8-15(22-2)16(23-3)9-14(11)19-10-17(21)20-13-7-5-4-6-12(13)18/h4-9,19H,10H2,1-3H3,(H,20,21). The van der Waals surface area contributed by atoms with Gasteiger partial charge in [-0.05, 0) is 30.7 Å². The minimum atomic E-state index is -0.188. The maximum atomic E-state index is 12.0. The molecule has 0 saturated carbocycles. The number of amides is 1. The Morgan fingerprint density at radius 3 is 2.39 bits per heavy atom. The summed E-state index contributed by atoms with van der Waals surface area (Å²) in [7, 11) is 3.16. The molecule has 2 aromatic carbocycles. The molecule has 0 fully saturated rings. The Balaban J connectivity index is 2.03. The lowest BCUT2D eigenvalue weighted by Gasteiger charge is -2.14. The first-order chi connectivity index (χ1) is 11.0. The van der Waals surface area contributed by atoms with Gasteiger partial charge in [-0.3, -0.25) is 4.79 Å². The molecule has 0 aromatic heterocycles. The topological polar surface area (TPSA) is 59.6 Å². The van der Waals surface area contributed by atoms with E-state index in [0.29, 0.717) is 22.2 Å². The summed E-state index contributed by atoms with van der Waals surface area (Å²) in [6.07, 6.45) is 0. The van der Waals surface area contributed by atoms with Crippen molar-refractivity contribution in [1.29, 1.82) is 0 Å². The molecule has 0 atom stereocenters. The van der Waals surface area contributed by atoms with E-state index in [-0.39, 0.29) is 12.5 Å². The number of hydrogen-bond acceptors (Lipinski definition) is 4. The van der Waals surface area contributed by atoms with E-state index in [0.717, 1.165) is 11.3 Å². The molecule has 5 nitrogen and oxygen atoms in total. The van der Waals surface area contributed by atoms with E-state index in [1.54, 1.807) is 32.4 Å². The molecule has 6 heteroatoms. The van der Waals surface area contributed by atoms with Crippen molar-refractivity contribution in [3.8, 4) is 11.5 Å². The molecule has 0 aliphatic heterocycles. The molecule has 1 amide bonds. The second kappa shape index (κ2) is 7.74. The number of para-hydroxylation sites is 1. The van der Waals surface area contributed by atoms with Gasteiger partial charge in [-0.1, -0.05) is 23.7 Å². The molecule has 0 aliphatic carbocycles. The molecule has 2 aromatic rings. The van der Waals surface area contributed by atoms with Crippen molar-refractivity contribution in [2.75, 3.05) is 31.4 Å². The molecule has 0 aliphatic rings. The lowest BCUT2D eigenvalue weighted by atomic mass is 10.1. The van der Waals surface area contributed by atoms with Gasteiger partial charge in [0.05, 0.1) is 31.5 Å². The van der Waals surface area contributed by atoms with Crippen LogP contribution in [0, 0.1) is 6.92 Å². The number of carbonyl (C=O) groups excluding carboxylic acids is 1. The van der Waals surface area contributed by atoms with Crippen molar-refractivity contribution < 1.29 is 14.3 Å². The Morgan fingerprint density at radius 1 is 1.09 bits per heavy atom. The van der Waals surface area contributed by atoms with Crippen molar-refractivity contribution in [3.05, 3.63) is 47.0 Å².